The molecule has 0 saturated heterocycles. The molecular formula is C9H10BrNO. The van der Waals surface area contributed by atoms with Gasteiger partial charge in [-0.1, -0.05) is 6.92 Å². The molecule has 0 N–H and O–H groups in total. The second-order valence-electron chi connectivity index (χ2n) is 2.60. The van der Waals surface area contributed by atoms with Crippen LogP contribution >= 0.6 is 15.9 Å². The highest BCUT2D eigenvalue weighted by Gasteiger charge is 2.05. The van der Waals surface area contributed by atoms with Crippen LogP contribution in [-0.2, 0) is 0 Å². The van der Waals surface area contributed by atoms with E-state index in [1.807, 2.05) is 13.8 Å². The zero-order valence-corrected chi connectivity index (χ0v) is 8.68. The first-order valence-electron chi connectivity index (χ1n) is 3.80. The molecule has 12 heavy (non-hydrogen) atoms. The molecule has 0 amide bonds. The minimum atomic E-state index is 0.0885. The summed E-state index contributed by atoms with van der Waals surface area (Å²) in [5.41, 5.74) is 1.60. The van der Waals surface area contributed by atoms with Gasteiger partial charge in [-0.3, -0.25) is 9.78 Å². The molecule has 1 rings (SSSR count). The lowest BCUT2D eigenvalue weighted by molar-refractivity contribution is 0.0983. The highest BCUT2D eigenvalue weighted by molar-refractivity contribution is 9.10. The summed E-state index contributed by atoms with van der Waals surface area (Å²) >= 11 is 3.33. The molecule has 0 aliphatic heterocycles. The van der Waals surface area contributed by atoms with Crippen LogP contribution in [0.25, 0.3) is 0 Å². The van der Waals surface area contributed by atoms with Gasteiger partial charge in [0.15, 0.2) is 5.78 Å². The summed E-state index contributed by atoms with van der Waals surface area (Å²) in [7, 11) is 0. The molecule has 2 nitrogen and oxygen atoms in total. The molecule has 0 radical (unpaired) electrons. The Balaban J connectivity index is 3.05. The molecule has 0 atom stereocenters. The van der Waals surface area contributed by atoms with E-state index in [-0.39, 0.29) is 5.78 Å². The maximum absolute atomic E-state index is 11.2. The van der Waals surface area contributed by atoms with Crippen molar-refractivity contribution in [3.05, 3.63) is 28.0 Å². The van der Waals surface area contributed by atoms with Gasteiger partial charge in [-0.25, -0.2) is 0 Å². The third kappa shape index (κ3) is 1.91. The zero-order chi connectivity index (χ0) is 9.14. The van der Waals surface area contributed by atoms with E-state index in [0.717, 1.165) is 10.0 Å². The van der Waals surface area contributed by atoms with Crippen molar-refractivity contribution in [1.29, 1.82) is 0 Å². The Morgan fingerprint density at radius 1 is 1.67 bits per heavy atom. The van der Waals surface area contributed by atoms with Gasteiger partial charge in [0.05, 0.1) is 0 Å². The van der Waals surface area contributed by atoms with Crippen LogP contribution in [0.3, 0.4) is 0 Å². The van der Waals surface area contributed by atoms with Crippen molar-refractivity contribution >= 4 is 21.7 Å². The Hall–Kier alpha value is -0.700. The third-order valence-corrected chi connectivity index (χ3v) is 2.48. The first kappa shape index (κ1) is 9.39. The molecule has 0 spiro atoms. The SMILES string of the molecule is CCC(=O)c1cc(C)c(Br)cn1. The van der Waals surface area contributed by atoms with Gasteiger partial charge in [0.1, 0.15) is 5.69 Å². The number of carbonyl (C=O) groups is 1. The van der Waals surface area contributed by atoms with Crippen molar-refractivity contribution in [2.24, 2.45) is 0 Å². The van der Waals surface area contributed by atoms with Crippen molar-refractivity contribution in [2.45, 2.75) is 20.3 Å². The first-order chi connectivity index (χ1) is 5.65. The summed E-state index contributed by atoms with van der Waals surface area (Å²) in [5, 5.41) is 0. The monoisotopic (exact) mass is 227 g/mol. The molecule has 0 bridgehead atoms. The Bertz CT molecular complexity index is 309. The molecule has 0 aromatic carbocycles. The fourth-order valence-electron chi connectivity index (χ4n) is 0.873. The number of nitrogens with zero attached hydrogens (tertiary/aromatic N) is 1. The quantitative estimate of drug-likeness (QED) is 0.728. The smallest absolute Gasteiger partial charge is 0.180 e. The van der Waals surface area contributed by atoms with Crippen LogP contribution in [0.2, 0.25) is 0 Å². The summed E-state index contributed by atoms with van der Waals surface area (Å²) in [5.74, 6) is 0.0885. The van der Waals surface area contributed by atoms with E-state index < -0.39 is 0 Å². The molecule has 64 valence electrons. The van der Waals surface area contributed by atoms with Crippen LogP contribution in [0, 0.1) is 6.92 Å². The van der Waals surface area contributed by atoms with E-state index in [9.17, 15) is 4.79 Å². The van der Waals surface area contributed by atoms with Crippen LogP contribution in [-0.4, -0.2) is 10.8 Å². The normalized spacial score (nSPS) is 9.92. The van der Waals surface area contributed by atoms with Crippen LogP contribution in [0.4, 0.5) is 0 Å². The van der Waals surface area contributed by atoms with Gasteiger partial charge in [-0.2, -0.15) is 0 Å². The maximum atomic E-state index is 11.2. The molecule has 0 unspecified atom stereocenters. The number of aromatic nitrogens is 1. The maximum Gasteiger partial charge on any atom is 0.180 e. The van der Waals surface area contributed by atoms with E-state index in [1.165, 1.54) is 0 Å². The molecule has 1 aromatic heterocycles. The topological polar surface area (TPSA) is 30.0 Å². The number of carbonyl (C=O) groups excluding carboxylic acids is 1. The van der Waals surface area contributed by atoms with Crippen LogP contribution in [0.15, 0.2) is 16.7 Å². The number of rotatable bonds is 2. The van der Waals surface area contributed by atoms with Gasteiger partial charge in [0, 0.05) is 17.1 Å². The molecule has 1 heterocycles. The summed E-state index contributed by atoms with van der Waals surface area (Å²) in [4.78, 5) is 15.2. The summed E-state index contributed by atoms with van der Waals surface area (Å²) in [6, 6.07) is 1.80. The van der Waals surface area contributed by atoms with E-state index in [0.29, 0.717) is 12.1 Å². The predicted octanol–water partition coefficient (Wildman–Crippen LogP) is 2.75. The fourth-order valence-corrected chi connectivity index (χ4v) is 1.09. The third-order valence-electron chi connectivity index (χ3n) is 1.65. The zero-order valence-electron chi connectivity index (χ0n) is 7.10. The van der Waals surface area contributed by atoms with E-state index in [1.54, 1.807) is 12.3 Å². The number of hydrogen-bond donors (Lipinski definition) is 0. The van der Waals surface area contributed by atoms with Crippen molar-refractivity contribution in [2.75, 3.05) is 0 Å². The lowest BCUT2D eigenvalue weighted by Crippen LogP contribution is -2.00. The molecule has 0 fully saturated rings. The molecule has 0 aliphatic rings. The predicted molar refractivity (Wildman–Crippen MR) is 51.3 cm³/mol. The standard InChI is InChI=1S/C9H10BrNO/c1-3-9(12)8-4-6(2)7(10)5-11-8/h4-5H,3H2,1-2H3. The lowest BCUT2D eigenvalue weighted by atomic mass is 10.2. The Labute approximate surface area is 80.1 Å². The second kappa shape index (κ2) is 3.81. The number of aryl methyl sites for hydroxylation is 1. The average molecular weight is 228 g/mol. The number of pyridine rings is 1. The first-order valence-corrected chi connectivity index (χ1v) is 4.59. The van der Waals surface area contributed by atoms with E-state index in [2.05, 4.69) is 20.9 Å². The molecule has 0 saturated carbocycles. The van der Waals surface area contributed by atoms with Crippen molar-refractivity contribution in [3.63, 3.8) is 0 Å². The van der Waals surface area contributed by atoms with E-state index in [4.69, 9.17) is 0 Å². The van der Waals surface area contributed by atoms with Crippen LogP contribution in [0.1, 0.15) is 29.4 Å². The Morgan fingerprint density at radius 3 is 2.83 bits per heavy atom. The van der Waals surface area contributed by atoms with Crippen molar-refractivity contribution < 1.29 is 4.79 Å². The summed E-state index contributed by atoms with van der Waals surface area (Å²) < 4.78 is 0.940. The molecule has 3 heteroatoms. The fraction of sp³-hybridized carbons (Fsp3) is 0.333. The second-order valence-corrected chi connectivity index (χ2v) is 3.45. The van der Waals surface area contributed by atoms with Gasteiger partial charge >= 0.3 is 0 Å². The molecule has 1 aromatic rings. The van der Waals surface area contributed by atoms with E-state index >= 15 is 0 Å². The lowest BCUT2D eigenvalue weighted by Gasteiger charge is -2.00. The van der Waals surface area contributed by atoms with Gasteiger partial charge in [0.25, 0.3) is 0 Å². The van der Waals surface area contributed by atoms with Crippen LogP contribution < -0.4 is 0 Å². The highest BCUT2D eigenvalue weighted by Crippen LogP contribution is 2.15. The number of hydrogen-bond acceptors (Lipinski definition) is 2. The number of ketones is 1. The van der Waals surface area contributed by atoms with Crippen molar-refractivity contribution in [1.82, 2.24) is 4.98 Å². The Morgan fingerprint density at radius 2 is 2.33 bits per heavy atom. The van der Waals surface area contributed by atoms with Gasteiger partial charge in [-0.05, 0) is 34.5 Å². The van der Waals surface area contributed by atoms with Gasteiger partial charge in [0.2, 0.25) is 0 Å². The summed E-state index contributed by atoms with van der Waals surface area (Å²) in [6.07, 6.45) is 2.17. The molecular weight excluding hydrogens is 218 g/mol. The van der Waals surface area contributed by atoms with Crippen molar-refractivity contribution in [3.8, 4) is 0 Å². The van der Waals surface area contributed by atoms with Crippen LogP contribution in [0.5, 0.6) is 0 Å². The average Bonchev–Trinajstić information content (AvgIpc) is 2.08. The number of halogens is 1. The summed E-state index contributed by atoms with van der Waals surface area (Å²) in [6.45, 7) is 3.78. The number of Topliss-reactive ketones (excluding diaryl/α,β-unsaturated/α-hetero) is 1. The minimum absolute atomic E-state index is 0.0885. The molecule has 0 aliphatic carbocycles. The largest absolute Gasteiger partial charge is 0.292 e. The minimum Gasteiger partial charge on any atom is -0.292 e. The van der Waals surface area contributed by atoms with Gasteiger partial charge < -0.3 is 0 Å². The highest BCUT2D eigenvalue weighted by atomic mass is 79.9. The van der Waals surface area contributed by atoms with Gasteiger partial charge in [-0.15, -0.1) is 0 Å². The Kier molecular flexibility index (Phi) is 2.98.